The summed E-state index contributed by atoms with van der Waals surface area (Å²) in [6.45, 7) is 0. The Labute approximate surface area is 136 Å². The predicted octanol–water partition coefficient (Wildman–Crippen LogP) is 4.87. The summed E-state index contributed by atoms with van der Waals surface area (Å²) in [5.41, 5.74) is 11.0. The van der Waals surface area contributed by atoms with Gasteiger partial charge in [-0.3, -0.25) is 0 Å². The fraction of sp³-hybridized carbons (Fsp3) is 0.222. The second kappa shape index (κ2) is 5.21. The fourth-order valence-electron chi connectivity index (χ4n) is 3.50. The molecule has 0 spiro atoms. The van der Waals surface area contributed by atoms with Gasteiger partial charge < -0.3 is 10.3 Å². The Morgan fingerprint density at radius 1 is 1.14 bits per heavy atom. The molecular weight excluding hydrogens is 343 g/mol. The van der Waals surface area contributed by atoms with Gasteiger partial charge in [-0.2, -0.15) is 0 Å². The Balaban J connectivity index is 2.08. The number of aromatic nitrogens is 1. The van der Waals surface area contributed by atoms with Gasteiger partial charge in [-0.15, -0.1) is 0 Å². The quantitative estimate of drug-likeness (QED) is 0.660. The van der Waals surface area contributed by atoms with Gasteiger partial charge in [0.1, 0.15) is 5.82 Å². The van der Waals surface area contributed by atoms with Crippen molar-refractivity contribution in [1.29, 1.82) is 0 Å². The standard InChI is InChI=1S/C18H16BrFN2/c19-11-4-9-17-15(10-11)14-2-1-3-16(21)18(14)22(17)13-7-5-12(20)6-8-13/h4-10,16H,1-3,21H2. The molecule has 0 amide bonds. The van der Waals surface area contributed by atoms with Crippen LogP contribution in [0.25, 0.3) is 16.6 Å². The summed E-state index contributed by atoms with van der Waals surface area (Å²) < 4.78 is 16.5. The molecule has 0 radical (unpaired) electrons. The van der Waals surface area contributed by atoms with Crippen LogP contribution in [0.5, 0.6) is 0 Å². The Hall–Kier alpha value is -1.65. The van der Waals surface area contributed by atoms with Crippen LogP contribution < -0.4 is 5.73 Å². The lowest BCUT2D eigenvalue weighted by Crippen LogP contribution is -2.20. The Bertz CT molecular complexity index is 852. The molecular formula is C18H16BrFN2. The van der Waals surface area contributed by atoms with Crippen molar-refractivity contribution in [3.63, 3.8) is 0 Å². The molecule has 2 N–H and O–H groups in total. The van der Waals surface area contributed by atoms with Crippen molar-refractivity contribution in [3.05, 3.63) is 64.0 Å². The van der Waals surface area contributed by atoms with E-state index in [-0.39, 0.29) is 11.9 Å². The van der Waals surface area contributed by atoms with Crippen LogP contribution in [0.2, 0.25) is 0 Å². The smallest absolute Gasteiger partial charge is 0.123 e. The molecule has 2 nitrogen and oxygen atoms in total. The van der Waals surface area contributed by atoms with E-state index < -0.39 is 0 Å². The highest BCUT2D eigenvalue weighted by atomic mass is 79.9. The molecule has 1 aromatic heterocycles. The number of aryl methyl sites for hydroxylation is 1. The molecule has 4 heteroatoms. The number of nitrogens with two attached hydrogens (primary N) is 1. The van der Waals surface area contributed by atoms with Crippen molar-refractivity contribution in [2.24, 2.45) is 5.73 Å². The zero-order valence-electron chi connectivity index (χ0n) is 12.0. The molecule has 0 aliphatic heterocycles. The van der Waals surface area contributed by atoms with Crippen LogP contribution >= 0.6 is 15.9 Å². The maximum absolute atomic E-state index is 13.3. The van der Waals surface area contributed by atoms with E-state index in [2.05, 4.69) is 32.6 Å². The minimum Gasteiger partial charge on any atom is -0.323 e. The van der Waals surface area contributed by atoms with Gasteiger partial charge in [0.05, 0.1) is 5.52 Å². The number of rotatable bonds is 1. The fourth-order valence-corrected chi connectivity index (χ4v) is 3.86. The lowest BCUT2D eigenvalue weighted by Gasteiger charge is -2.22. The van der Waals surface area contributed by atoms with Gasteiger partial charge >= 0.3 is 0 Å². The van der Waals surface area contributed by atoms with Gasteiger partial charge in [0.25, 0.3) is 0 Å². The number of hydrogen-bond donors (Lipinski definition) is 1. The lowest BCUT2D eigenvalue weighted by atomic mass is 9.92. The van der Waals surface area contributed by atoms with Crippen LogP contribution in [-0.4, -0.2) is 4.57 Å². The van der Waals surface area contributed by atoms with Crippen LogP contribution in [0, 0.1) is 5.82 Å². The van der Waals surface area contributed by atoms with E-state index >= 15 is 0 Å². The molecule has 2 aromatic carbocycles. The van der Waals surface area contributed by atoms with E-state index in [1.807, 2.05) is 18.2 Å². The Kier molecular flexibility index (Phi) is 3.31. The third-order valence-corrected chi connectivity index (χ3v) is 4.95. The third kappa shape index (κ3) is 2.09. The maximum Gasteiger partial charge on any atom is 0.123 e. The summed E-state index contributed by atoms with van der Waals surface area (Å²) in [5.74, 6) is -0.221. The number of halogens is 2. The molecule has 0 fully saturated rings. The molecule has 1 atom stereocenters. The lowest BCUT2D eigenvalue weighted by molar-refractivity contribution is 0.551. The van der Waals surface area contributed by atoms with Gasteiger partial charge in [-0.25, -0.2) is 4.39 Å². The average Bonchev–Trinajstić information content (AvgIpc) is 2.83. The average molecular weight is 359 g/mol. The van der Waals surface area contributed by atoms with E-state index in [0.29, 0.717) is 0 Å². The van der Waals surface area contributed by atoms with Crippen molar-refractivity contribution in [2.45, 2.75) is 25.3 Å². The van der Waals surface area contributed by atoms with Gasteiger partial charge in [0.2, 0.25) is 0 Å². The summed E-state index contributed by atoms with van der Waals surface area (Å²) in [7, 11) is 0. The molecule has 112 valence electrons. The van der Waals surface area contributed by atoms with E-state index in [0.717, 1.165) is 34.9 Å². The van der Waals surface area contributed by atoms with Crippen LogP contribution in [0.1, 0.15) is 30.1 Å². The van der Waals surface area contributed by atoms with E-state index in [9.17, 15) is 4.39 Å². The SMILES string of the molecule is NC1CCCc2c1n(-c1ccc(F)cc1)c1ccc(Br)cc21. The van der Waals surface area contributed by atoms with E-state index in [4.69, 9.17) is 5.73 Å². The van der Waals surface area contributed by atoms with Crippen molar-refractivity contribution in [1.82, 2.24) is 4.57 Å². The molecule has 0 bridgehead atoms. The molecule has 1 unspecified atom stereocenters. The highest BCUT2D eigenvalue weighted by Gasteiger charge is 2.26. The molecule has 1 heterocycles. The zero-order chi connectivity index (χ0) is 15.3. The maximum atomic E-state index is 13.3. The summed E-state index contributed by atoms with van der Waals surface area (Å²) in [5, 5.41) is 1.24. The number of fused-ring (bicyclic) bond motifs is 3. The van der Waals surface area contributed by atoms with Crippen molar-refractivity contribution in [3.8, 4) is 5.69 Å². The molecule has 1 aliphatic rings. The van der Waals surface area contributed by atoms with Crippen molar-refractivity contribution in [2.75, 3.05) is 0 Å². The van der Waals surface area contributed by atoms with Crippen LogP contribution in [0.4, 0.5) is 4.39 Å². The van der Waals surface area contributed by atoms with Crippen molar-refractivity contribution < 1.29 is 4.39 Å². The summed E-state index contributed by atoms with van der Waals surface area (Å²) in [4.78, 5) is 0. The first-order valence-electron chi connectivity index (χ1n) is 7.49. The Morgan fingerprint density at radius 3 is 2.68 bits per heavy atom. The van der Waals surface area contributed by atoms with Gasteiger partial charge in [0.15, 0.2) is 0 Å². The highest BCUT2D eigenvalue weighted by Crippen LogP contribution is 2.39. The number of hydrogen-bond acceptors (Lipinski definition) is 1. The number of benzene rings is 2. The molecule has 3 aromatic rings. The number of nitrogens with zero attached hydrogens (tertiary/aromatic N) is 1. The van der Waals surface area contributed by atoms with Crippen LogP contribution in [0.15, 0.2) is 46.9 Å². The minimum atomic E-state index is -0.221. The first-order chi connectivity index (χ1) is 10.6. The normalized spacial score (nSPS) is 17.7. The third-order valence-electron chi connectivity index (χ3n) is 4.45. The first kappa shape index (κ1) is 14.0. The van der Waals surface area contributed by atoms with Crippen LogP contribution in [-0.2, 0) is 6.42 Å². The summed E-state index contributed by atoms with van der Waals surface area (Å²) in [6.07, 6.45) is 3.15. The second-order valence-electron chi connectivity index (χ2n) is 5.84. The molecule has 0 saturated carbocycles. The Morgan fingerprint density at radius 2 is 1.91 bits per heavy atom. The largest absolute Gasteiger partial charge is 0.323 e. The van der Waals surface area contributed by atoms with Crippen molar-refractivity contribution >= 4 is 26.8 Å². The highest BCUT2D eigenvalue weighted by molar-refractivity contribution is 9.10. The monoisotopic (exact) mass is 358 g/mol. The zero-order valence-corrected chi connectivity index (χ0v) is 13.6. The molecule has 0 saturated heterocycles. The first-order valence-corrected chi connectivity index (χ1v) is 8.28. The molecule has 22 heavy (non-hydrogen) atoms. The van der Waals surface area contributed by atoms with Gasteiger partial charge in [0, 0.05) is 27.3 Å². The second-order valence-corrected chi connectivity index (χ2v) is 6.75. The molecule has 4 rings (SSSR count). The molecule has 1 aliphatic carbocycles. The summed E-state index contributed by atoms with van der Waals surface area (Å²) in [6, 6.07) is 13.0. The van der Waals surface area contributed by atoms with Crippen LogP contribution in [0.3, 0.4) is 0 Å². The minimum absolute atomic E-state index is 0.0278. The summed E-state index contributed by atoms with van der Waals surface area (Å²) >= 11 is 3.56. The predicted molar refractivity (Wildman–Crippen MR) is 90.8 cm³/mol. The van der Waals surface area contributed by atoms with Gasteiger partial charge in [-0.05, 0) is 67.3 Å². The van der Waals surface area contributed by atoms with E-state index in [1.165, 1.54) is 28.8 Å². The van der Waals surface area contributed by atoms with Gasteiger partial charge in [-0.1, -0.05) is 15.9 Å². The topological polar surface area (TPSA) is 30.9 Å². The van der Waals surface area contributed by atoms with E-state index in [1.54, 1.807) is 0 Å².